The molecule has 0 fully saturated rings. The molecule has 0 atom stereocenters. The minimum Gasteiger partial charge on any atom is -0.481 e. The molecule has 3 heterocycles. The molecule has 178 valence electrons. The molecule has 0 spiro atoms. The molecule has 3 aromatic heterocycles. The fourth-order valence-corrected chi connectivity index (χ4v) is 3.04. The van der Waals surface area contributed by atoms with Crippen LogP contribution in [0.2, 0.25) is 0 Å². The van der Waals surface area contributed by atoms with Crippen molar-refractivity contribution in [1.29, 1.82) is 0 Å². The number of nitrogens with zero attached hydrogens (tertiary/aromatic N) is 3. The van der Waals surface area contributed by atoms with Crippen LogP contribution in [-0.2, 0) is 20.1 Å². The number of carboxylic acids is 1. The average molecular weight is 474 g/mol. The first kappa shape index (κ1) is 24.3. The molecule has 10 nitrogen and oxygen atoms in total. The van der Waals surface area contributed by atoms with E-state index in [9.17, 15) is 23.2 Å². The number of carboxylic acid groups (broad SMARTS) is 1. The number of benzene rings is 1. The standard InChI is InChI=1S/C15H10F2N2O5.C7H10N2O/c1-18-13-8(5-11(24-13)14(21)22)12(20)19(15(18)23)6-7-2-3-9(16)10(17)4-7;1-10-7-4-6(5-8)2-3-9-7/h2-5H,6H2,1H3,(H,21,22);2-4H,5,8H2,1H3. The van der Waals surface area contributed by atoms with Gasteiger partial charge in [-0.15, -0.1) is 0 Å². The Labute approximate surface area is 190 Å². The van der Waals surface area contributed by atoms with Crippen molar-refractivity contribution in [3.05, 3.63) is 92.0 Å². The van der Waals surface area contributed by atoms with Crippen LogP contribution in [-0.4, -0.2) is 32.3 Å². The number of methoxy groups -OCH3 is 1. The Morgan fingerprint density at radius 1 is 1.15 bits per heavy atom. The van der Waals surface area contributed by atoms with Gasteiger partial charge in [-0.25, -0.2) is 23.4 Å². The van der Waals surface area contributed by atoms with Crippen LogP contribution in [0.3, 0.4) is 0 Å². The lowest BCUT2D eigenvalue weighted by molar-refractivity contribution is 0.0664. The lowest BCUT2D eigenvalue weighted by Gasteiger charge is -2.08. The smallest absolute Gasteiger partial charge is 0.371 e. The molecule has 4 aromatic rings. The molecular weight excluding hydrogens is 454 g/mol. The first-order valence-electron chi connectivity index (χ1n) is 9.75. The Bertz CT molecular complexity index is 1460. The molecule has 0 saturated heterocycles. The number of nitrogens with two attached hydrogens (primary N) is 1. The Balaban J connectivity index is 0.000000271. The third-order valence-electron chi connectivity index (χ3n) is 4.79. The third kappa shape index (κ3) is 5.02. The van der Waals surface area contributed by atoms with Gasteiger partial charge in [0, 0.05) is 31.9 Å². The summed E-state index contributed by atoms with van der Waals surface area (Å²) in [5.41, 5.74) is 4.89. The van der Waals surface area contributed by atoms with Gasteiger partial charge >= 0.3 is 11.7 Å². The van der Waals surface area contributed by atoms with Crippen LogP contribution in [0.4, 0.5) is 8.78 Å². The normalized spacial score (nSPS) is 10.6. The first-order valence-corrected chi connectivity index (χ1v) is 9.75. The maximum atomic E-state index is 13.3. The van der Waals surface area contributed by atoms with E-state index in [1.165, 1.54) is 13.1 Å². The number of furan rings is 1. The molecule has 34 heavy (non-hydrogen) atoms. The quantitative estimate of drug-likeness (QED) is 0.446. The predicted octanol–water partition coefficient (Wildman–Crippen LogP) is 1.87. The molecule has 0 bridgehead atoms. The summed E-state index contributed by atoms with van der Waals surface area (Å²) in [4.78, 5) is 39.6. The number of hydrogen-bond donors (Lipinski definition) is 2. The van der Waals surface area contributed by atoms with Crippen LogP contribution in [0.5, 0.6) is 5.88 Å². The van der Waals surface area contributed by atoms with Gasteiger partial charge in [0.25, 0.3) is 5.56 Å². The van der Waals surface area contributed by atoms with Crippen molar-refractivity contribution in [2.45, 2.75) is 13.1 Å². The van der Waals surface area contributed by atoms with Crippen molar-refractivity contribution in [2.75, 3.05) is 7.11 Å². The Morgan fingerprint density at radius 2 is 1.88 bits per heavy atom. The topological polar surface area (TPSA) is 143 Å². The number of ether oxygens (including phenoxy) is 1. The average Bonchev–Trinajstić information content (AvgIpc) is 3.29. The molecule has 12 heteroatoms. The van der Waals surface area contributed by atoms with Gasteiger partial charge < -0.3 is 20.0 Å². The van der Waals surface area contributed by atoms with Crippen LogP contribution in [0.15, 0.2) is 56.6 Å². The highest BCUT2D eigenvalue weighted by Crippen LogP contribution is 2.15. The molecule has 0 aliphatic heterocycles. The highest BCUT2D eigenvalue weighted by atomic mass is 19.2. The highest BCUT2D eigenvalue weighted by molar-refractivity contribution is 5.90. The van der Waals surface area contributed by atoms with E-state index in [0.29, 0.717) is 12.4 Å². The van der Waals surface area contributed by atoms with E-state index in [2.05, 4.69) is 4.98 Å². The van der Waals surface area contributed by atoms with E-state index in [-0.39, 0.29) is 23.2 Å². The lowest BCUT2D eigenvalue weighted by Crippen LogP contribution is -2.39. The molecule has 0 aliphatic rings. The third-order valence-corrected chi connectivity index (χ3v) is 4.79. The van der Waals surface area contributed by atoms with Gasteiger partial charge in [0.1, 0.15) is 5.39 Å². The summed E-state index contributed by atoms with van der Waals surface area (Å²) >= 11 is 0. The number of aromatic carboxylic acids is 1. The van der Waals surface area contributed by atoms with Crippen molar-refractivity contribution in [3.63, 3.8) is 0 Å². The predicted molar refractivity (Wildman–Crippen MR) is 117 cm³/mol. The second-order valence-electron chi connectivity index (χ2n) is 7.03. The molecule has 0 radical (unpaired) electrons. The van der Waals surface area contributed by atoms with Gasteiger partial charge in [-0.05, 0) is 29.3 Å². The SMILES string of the molecule is COc1cc(CN)ccn1.Cn1c(=O)n(Cc2ccc(F)c(F)c2)c(=O)c2cc(C(=O)O)oc21. The largest absolute Gasteiger partial charge is 0.481 e. The molecule has 1 aromatic carbocycles. The zero-order valence-electron chi connectivity index (χ0n) is 18.1. The van der Waals surface area contributed by atoms with Crippen molar-refractivity contribution in [1.82, 2.24) is 14.1 Å². The van der Waals surface area contributed by atoms with Gasteiger partial charge in [0.05, 0.1) is 13.7 Å². The van der Waals surface area contributed by atoms with Crippen LogP contribution in [0.25, 0.3) is 11.1 Å². The van der Waals surface area contributed by atoms with E-state index in [0.717, 1.165) is 32.9 Å². The lowest BCUT2D eigenvalue weighted by atomic mass is 10.2. The summed E-state index contributed by atoms with van der Waals surface area (Å²) in [5.74, 6) is -3.40. The van der Waals surface area contributed by atoms with E-state index in [1.807, 2.05) is 12.1 Å². The van der Waals surface area contributed by atoms with Gasteiger partial charge in [-0.3, -0.25) is 13.9 Å². The summed E-state index contributed by atoms with van der Waals surface area (Å²) in [6.07, 6.45) is 1.68. The number of hydrogen-bond acceptors (Lipinski definition) is 7. The van der Waals surface area contributed by atoms with Crippen molar-refractivity contribution in [3.8, 4) is 5.88 Å². The van der Waals surface area contributed by atoms with Crippen molar-refractivity contribution in [2.24, 2.45) is 12.8 Å². The molecule has 0 unspecified atom stereocenters. The molecule has 4 rings (SSSR count). The van der Waals surface area contributed by atoms with E-state index in [1.54, 1.807) is 13.3 Å². The number of pyridine rings is 1. The Hall–Kier alpha value is -4.32. The number of carbonyl (C=O) groups is 1. The Morgan fingerprint density at radius 3 is 2.50 bits per heavy atom. The van der Waals surface area contributed by atoms with Crippen LogP contribution in [0.1, 0.15) is 21.7 Å². The fourth-order valence-electron chi connectivity index (χ4n) is 3.04. The maximum absolute atomic E-state index is 13.3. The zero-order chi connectivity index (χ0) is 25.0. The minimum absolute atomic E-state index is 0.0999. The summed E-state index contributed by atoms with van der Waals surface area (Å²) in [7, 11) is 2.89. The van der Waals surface area contributed by atoms with Gasteiger partial charge in [-0.2, -0.15) is 0 Å². The van der Waals surface area contributed by atoms with Crippen LogP contribution in [0, 0.1) is 11.6 Å². The molecule has 0 aliphatic carbocycles. The molecule has 3 N–H and O–H groups in total. The maximum Gasteiger partial charge on any atom is 0.371 e. The van der Waals surface area contributed by atoms with E-state index < -0.39 is 34.6 Å². The summed E-state index contributed by atoms with van der Waals surface area (Å²) in [5, 5.41) is 8.83. The van der Waals surface area contributed by atoms with Crippen molar-refractivity contribution >= 4 is 17.1 Å². The monoisotopic (exact) mass is 474 g/mol. The minimum atomic E-state index is -1.38. The van der Waals surface area contributed by atoms with Crippen molar-refractivity contribution < 1.29 is 27.8 Å². The van der Waals surface area contributed by atoms with Gasteiger partial charge in [0.15, 0.2) is 11.6 Å². The second kappa shape index (κ2) is 10.1. The van der Waals surface area contributed by atoms with Gasteiger partial charge in [0.2, 0.25) is 17.4 Å². The number of halogens is 2. The molecule has 0 saturated carbocycles. The highest BCUT2D eigenvalue weighted by Gasteiger charge is 2.19. The first-order chi connectivity index (χ1) is 16.2. The molecular formula is C22H20F2N4O6. The fraction of sp³-hybridized carbons (Fsp3) is 0.182. The summed E-state index contributed by atoms with van der Waals surface area (Å²) in [6, 6.07) is 7.71. The Kier molecular flexibility index (Phi) is 7.21. The van der Waals surface area contributed by atoms with E-state index >= 15 is 0 Å². The summed E-state index contributed by atoms with van der Waals surface area (Å²) < 4.78 is 37.9. The number of aryl methyl sites for hydroxylation is 1. The number of fused-ring (bicyclic) bond motifs is 1. The van der Waals surface area contributed by atoms with Crippen LogP contribution < -0.4 is 21.7 Å². The second-order valence-corrected chi connectivity index (χ2v) is 7.03. The summed E-state index contributed by atoms with van der Waals surface area (Å²) in [6.45, 7) is 0.227. The van der Waals surface area contributed by atoms with Gasteiger partial charge in [-0.1, -0.05) is 6.07 Å². The number of aromatic nitrogens is 3. The van der Waals surface area contributed by atoms with Crippen LogP contribution >= 0.6 is 0 Å². The zero-order valence-corrected chi connectivity index (χ0v) is 18.1. The molecule has 0 amide bonds. The van der Waals surface area contributed by atoms with E-state index in [4.69, 9.17) is 20.0 Å². The number of rotatable bonds is 5.